The second kappa shape index (κ2) is 5.39. The normalized spacial score (nSPS) is 10.9. The number of halogens is 1. The zero-order valence-corrected chi connectivity index (χ0v) is 12.0. The number of anilines is 1. The van der Waals surface area contributed by atoms with Crippen LogP contribution in [0.5, 0.6) is 0 Å². The van der Waals surface area contributed by atoms with Gasteiger partial charge in [0.05, 0.1) is 5.69 Å². The molecule has 5 nitrogen and oxygen atoms in total. The molecule has 3 N–H and O–H groups in total. The molecule has 0 aliphatic heterocycles. The standard InChI is InChI=1S/C12H15BrN2O3/c1-7-5-4-6-8(9(7)13)14-11(18)15-12(2,3)10(16)17/h4-6H,1-3H3,(H,16,17)(H2,14,15,18). The van der Waals surface area contributed by atoms with Gasteiger partial charge in [0.1, 0.15) is 5.54 Å². The summed E-state index contributed by atoms with van der Waals surface area (Å²) in [6.07, 6.45) is 0. The van der Waals surface area contributed by atoms with Gasteiger partial charge in [-0.15, -0.1) is 0 Å². The minimum atomic E-state index is -1.32. The number of carboxylic acids is 1. The fourth-order valence-corrected chi connectivity index (χ4v) is 1.60. The fraction of sp³-hybridized carbons (Fsp3) is 0.333. The van der Waals surface area contributed by atoms with Crippen LogP contribution in [0.3, 0.4) is 0 Å². The summed E-state index contributed by atoms with van der Waals surface area (Å²) >= 11 is 3.36. The quantitative estimate of drug-likeness (QED) is 0.802. The predicted octanol–water partition coefficient (Wildman–Crippen LogP) is 2.74. The maximum absolute atomic E-state index is 11.7. The highest BCUT2D eigenvalue weighted by molar-refractivity contribution is 9.10. The molecular weight excluding hydrogens is 300 g/mol. The number of carboxylic acid groups (broad SMARTS) is 1. The number of benzene rings is 1. The minimum absolute atomic E-state index is 0.561. The zero-order valence-electron chi connectivity index (χ0n) is 10.4. The van der Waals surface area contributed by atoms with Crippen molar-refractivity contribution < 1.29 is 14.7 Å². The lowest BCUT2D eigenvalue weighted by atomic mass is 10.1. The first-order chi connectivity index (χ1) is 8.24. The lowest BCUT2D eigenvalue weighted by Gasteiger charge is -2.21. The number of aliphatic carboxylic acids is 1. The molecule has 1 aromatic carbocycles. The van der Waals surface area contributed by atoms with E-state index in [1.165, 1.54) is 13.8 Å². The number of aryl methyl sites for hydroxylation is 1. The molecule has 0 aliphatic rings. The molecule has 0 atom stereocenters. The van der Waals surface area contributed by atoms with Crippen LogP contribution in [-0.4, -0.2) is 22.6 Å². The van der Waals surface area contributed by atoms with Gasteiger partial charge < -0.3 is 15.7 Å². The molecule has 18 heavy (non-hydrogen) atoms. The van der Waals surface area contributed by atoms with Gasteiger partial charge in [-0.3, -0.25) is 0 Å². The Morgan fingerprint density at radius 2 is 1.94 bits per heavy atom. The molecule has 0 radical (unpaired) electrons. The molecule has 0 bridgehead atoms. The smallest absolute Gasteiger partial charge is 0.328 e. The highest BCUT2D eigenvalue weighted by Gasteiger charge is 2.29. The van der Waals surface area contributed by atoms with Gasteiger partial charge in [0.25, 0.3) is 0 Å². The summed E-state index contributed by atoms with van der Waals surface area (Å²) in [7, 11) is 0. The Kier molecular flexibility index (Phi) is 4.34. The van der Waals surface area contributed by atoms with Crippen LogP contribution in [0, 0.1) is 6.92 Å². The third-order valence-electron chi connectivity index (χ3n) is 2.40. The Morgan fingerprint density at radius 1 is 1.33 bits per heavy atom. The molecule has 2 amide bonds. The Morgan fingerprint density at radius 3 is 2.50 bits per heavy atom. The van der Waals surface area contributed by atoms with E-state index in [1.807, 2.05) is 13.0 Å². The van der Waals surface area contributed by atoms with E-state index in [1.54, 1.807) is 12.1 Å². The van der Waals surface area contributed by atoms with Gasteiger partial charge in [-0.1, -0.05) is 12.1 Å². The van der Waals surface area contributed by atoms with E-state index in [9.17, 15) is 9.59 Å². The number of rotatable bonds is 3. The minimum Gasteiger partial charge on any atom is -0.480 e. The van der Waals surface area contributed by atoms with Crippen LogP contribution in [0.15, 0.2) is 22.7 Å². The van der Waals surface area contributed by atoms with Crippen LogP contribution < -0.4 is 10.6 Å². The molecule has 0 aliphatic carbocycles. The number of carbonyl (C=O) groups is 2. The second-order valence-corrected chi connectivity index (χ2v) is 5.24. The van der Waals surface area contributed by atoms with Crippen LogP contribution in [0.25, 0.3) is 0 Å². The topological polar surface area (TPSA) is 78.4 Å². The van der Waals surface area contributed by atoms with Crippen molar-refractivity contribution in [3.8, 4) is 0 Å². The monoisotopic (exact) mass is 314 g/mol. The molecule has 0 spiro atoms. The average Bonchev–Trinajstić information content (AvgIpc) is 2.23. The molecule has 0 saturated carbocycles. The van der Waals surface area contributed by atoms with Gasteiger partial charge in [-0.2, -0.15) is 0 Å². The van der Waals surface area contributed by atoms with Crippen LogP contribution in [-0.2, 0) is 4.79 Å². The summed E-state index contributed by atoms with van der Waals surface area (Å²) in [6, 6.07) is 4.87. The summed E-state index contributed by atoms with van der Waals surface area (Å²) < 4.78 is 0.772. The van der Waals surface area contributed by atoms with Crippen LogP contribution in [0.1, 0.15) is 19.4 Å². The van der Waals surface area contributed by atoms with Crippen molar-refractivity contribution in [2.75, 3.05) is 5.32 Å². The molecule has 0 heterocycles. The first-order valence-electron chi connectivity index (χ1n) is 5.31. The van der Waals surface area contributed by atoms with Gasteiger partial charge in [0.15, 0.2) is 0 Å². The maximum Gasteiger partial charge on any atom is 0.328 e. The second-order valence-electron chi connectivity index (χ2n) is 4.45. The number of urea groups is 1. The van der Waals surface area contributed by atoms with Crippen molar-refractivity contribution in [3.05, 3.63) is 28.2 Å². The van der Waals surface area contributed by atoms with E-state index in [2.05, 4.69) is 26.6 Å². The Labute approximate surface area is 114 Å². The molecular formula is C12H15BrN2O3. The fourth-order valence-electron chi connectivity index (χ4n) is 1.23. The SMILES string of the molecule is Cc1cccc(NC(=O)NC(C)(C)C(=O)O)c1Br. The zero-order chi connectivity index (χ0) is 13.9. The van der Waals surface area contributed by atoms with Gasteiger partial charge in [-0.25, -0.2) is 9.59 Å². The number of hydrogen-bond donors (Lipinski definition) is 3. The summed E-state index contributed by atoms with van der Waals surface area (Å²) in [4.78, 5) is 22.6. The number of nitrogens with one attached hydrogen (secondary N) is 2. The highest BCUT2D eigenvalue weighted by Crippen LogP contribution is 2.25. The van der Waals surface area contributed by atoms with Gasteiger partial charge >= 0.3 is 12.0 Å². The summed E-state index contributed by atoms with van der Waals surface area (Å²) in [5, 5.41) is 13.9. The van der Waals surface area contributed by atoms with E-state index in [-0.39, 0.29) is 0 Å². The van der Waals surface area contributed by atoms with Crippen LogP contribution in [0.4, 0.5) is 10.5 Å². The maximum atomic E-state index is 11.7. The van der Waals surface area contributed by atoms with Gasteiger partial charge in [0.2, 0.25) is 0 Å². The highest BCUT2D eigenvalue weighted by atomic mass is 79.9. The molecule has 0 aromatic heterocycles. The summed E-state index contributed by atoms with van der Waals surface area (Å²) in [5.74, 6) is -1.10. The van der Waals surface area contributed by atoms with Gasteiger partial charge in [-0.05, 0) is 48.3 Å². The molecule has 6 heteroatoms. The summed E-state index contributed by atoms with van der Waals surface area (Å²) in [5.41, 5.74) is 0.249. The lowest BCUT2D eigenvalue weighted by Crippen LogP contribution is -2.51. The molecule has 98 valence electrons. The molecule has 0 unspecified atom stereocenters. The molecule has 1 aromatic rings. The predicted molar refractivity (Wildman–Crippen MR) is 72.7 cm³/mol. The number of hydrogen-bond acceptors (Lipinski definition) is 2. The first-order valence-corrected chi connectivity index (χ1v) is 6.11. The van der Waals surface area contributed by atoms with Crippen molar-refractivity contribution in [1.29, 1.82) is 0 Å². The van der Waals surface area contributed by atoms with E-state index in [4.69, 9.17) is 5.11 Å². The Bertz CT molecular complexity index is 486. The lowest BCUT2D eigenvalue weighted by molar-refractivity contribution is -0.142. The third-order valence-corrected chi connectivity index (χ3v) is 3.45. The van der Waals surface area contributed by atoms with E-state index in [0.717, 1.165) is 10.0 Å². The van der Waals surface area contributed by atoms with E-state index >= 15 is 0 Å². The van der Waals surface area contributed by atoms with Crippen molar-refractivity contribution in [3.63, 3.8) is 0 Å². The molecule has 0 saturated heterocycles. The van der Waals surface area contributed by atoms with E-state index < -0.39 is 17.5 Å². The largest absolute Gasteiger partial charge is 0.480 e. The molecule has 0 fully saturated rings. The van der Waals surface area contributed by atoms with Crippen molar-refractivity contribution in [2.24, 2.45) is 0 Å². The van der Waals surface area contributed by atoms with Crippen molar-refractivity contribution >= 4 is 33.6 Å². The van der Waals surface area contributed by atoms with E-state index in [0.29, 0.717) is 5.69 Å². The molecule has 1 rings (SSSR count). The van der Waals surface area contributed by atoms with Gasteiger partial charge in [0, 0.05) is 4.47 Å². The van der Waals surface area contributed by atoms with Crippen molar-refractivity contribution in [1.82, 2.24) is 5.32 Å². The number of amides is 2. The third kappa shape index (κ3) is 3.46. The van der Waals surface area contributed by atoms with Crippen LogP contribution in [0.2, 0.25) is 0 Å². The first kappa shape index (κ1) is 14.5. The summed E-state index contributed by atoms with van der Waals surface area (Å²) in [6.45, 7) is 4.73. The van der Waals surface area contributed by atoms with Crippen molar-refractivity contribution in [2.45, 2.75) is 26.3 Å². The van der Waals surface area contributed by atoms with Crippen LogP contribution >= 0.6 is 15.9 Å². The average molecular weight is 315 g/mol. The number of carbonyl (C=O) groups excluding carboxylic acids is 1. The Hall–Kier alpha value is -1.56. The Balaban J connectivity index is 2.77.